The van der Waals surface area contributed by atoms with Gasteiger partial charge in [0.2, 0.25) is 0 Å². The van der Waals surface area contributed by atoms with Gasteiger partial charge in [-0.2, -0.15) is 0 Å². The second-order valence-electron chi connectivity index (χ2n) is 6.58. The van der Waals surface area contributed by atoms with Crippen LogP contribution in [0.3, 0.4) is 0 Å². The summed E-state index contributed by atoms with van der Waals surface area (Å²) >= 11 is 0. The number of fused-ring (bicyclic) bond motifs is 2. The van der Waals surface area contributed by atoms with E-state index in [0.29, 0.717) is 0 Å². The van der Waals surface area contributed by atoms with Crippen LogP contribution in [0.15, 0.2) is 109 Å². The monoisotopic (exact) mass is 361 g/mol. The summed E-state index contributed by atoms with van der Waals surface area (Å²) in [5.41, 5.74) is 0. The molecule has 0 aliphatic heterocycles. The van der Waals surface area contributed by atoms with Gasteiger partial charge in [-0.05, 0) is 51.4 Å². The Morgan fingerprint density at radius 3 is 1.56 bits per heavy atom. The molecule has 0 saturated carbocycles. The largest absolute Gasteiger partial charge is 0.0616 e. The molecular formula is C26H18P. The maximum Gasteiger partial charge on any atom is -0.00720 e. The lowest BCUT2D eigenvalue weighted by Gasteiger charge is -2.22. The lowest BCUT2D eigenvalue weighted by Crippen LogP contribution is -2.22. The van der Waals surface area contributed by atoms with Gasteiger partial charge >= 0.3 is 0 Å². The fraction of sp³-hybridized carbons (Fsp3) is 0. The molecule has 0 fully saturated rings. The fourth-order valence-electron chi connectivity index (χ4n) is 3.72. The van der Waals surface area contributed by atoms with E-state index < -0.39 is 7.92 Å². The minimum absolute atomic E-state index is 0.701. The van der Waals surface area contributed by atoms with Crippen LogP contribution in [0.4, 0.5) is 0 Å². The molecular weight excluding hydrogens is 343 g/mol. The first-order chi connectivity index (χ1) is 13.4. The first-order valence-corrected chi connectivity index (χ1v) is 10.5. The van der Waals surface area contributed by atoms with Crippen LogP contribution in [-0.4, -0.2) is 0 Å². The van der Waals surface area contributed by atoms with Crippen LogP contribution >= 0.6 is 7.92 Å². The van der Waals surface area contributed by atoms with Crippen molar-refractivity contribution in [3.63, 3.8) is 0 Å². The maximum atomic E-state index is 3.52. The highest BCUT2D eigenvalue weighted by atomic mass is 31.1. The van der Waals surface area contributed by atoms with E-state index in [0.717, 1.165) is 0 Å². The van der Waals surface area contributed by atoms with E-state index in [1.807, 2.05) is 12.1 Å². The standard InChI is InChI=1S/C26H18P/c1-2-14-22(15-3-1)27(25-18-8-12-20-10-4-6-16-23(20)25)26-19-9-13-21-11-5-7-17-24(21)26/h1-14,16-19H. The molecule has 1 heteroatoms. The Morgan fingerprint density at radius 2 is 1.00 bits per heavy atom. The first-order valence-electron chi connectivity index (χ1n) is 9.14. The Hall–Kier alpha value is -2.95. The molecule has 0 saturated heterocycles. The van der Waals surface area contributed by atoms with Gasteiger partial charge in [0, 0.05) is 0 Å². The minimum Gasteiger partial charge on any atom is -0.0616 e. The Bertz CT molecular complexity index is 1130. The molecule has 0 nitrogen and oxygen atoms in total. The van der Waals surface area contributed by atoms with Crippen molar-refractivity contribution in [2.45, 2.75) is 0 Å². The molecule has 127 valence electrons. The molecule has 5 aromatic carbocycles. The topological polar surface area (TPSA) is 0 Å². The molecule has 0 aliphatic carbocycles. The second kappa shape index (κ2) is 6.99. The predicted octanol–water partition coefficient (Wildman–Crippen LogP) is 5.55. The predicted molar refractivity (Wildman–Crippen MR) is 119 cm³/mol. The van der Waals surface area contributed by atoms with Crippen molar-refractivity contribution in [3.05, 3.63) is 115 Å². The highest BCUT2D eigenvalue weighted by Crippen LogP contribution is 2.37. The zero-order valence-corrected chi connectivity index (χ0v) is 15.7. The summed E-state index contributed by atoms with van der Waals surface area (Å²) in [4.78, 5) is 0. The molecule has 0 amide bonds. The normalized spacial score (nSPS) is 11.3. The average molecular weight is 361 g/mol. The lowest BCUT2D eigenvalue weighted by molar-refractivity contribution is 1.74. The molecule has 0 bridgehead atoms. The van der Waals surface area contributed by atoms with Crippen LogP contribution in [0.5, 0.6) is 0 Å². The van der Waals surface area contributed by atoms with Crippen molar-refractivity contribution < 1.29 is 0 Å². The molecule has 27 heavy (non-hydrogen) atoms. The Balaban J connectivity index is 1.85. The van der Waals surface area contributed by atoms with E-state index >= 15 is 0 Å². The van der Waals surface area contributed by atoms with Crippen molar-refractivity contribution in [3.8, 4) is 0 Å². The second-order valence-corrected chi connectivity index (χ2v) is 8.70. The van der Waals surface area contributed by atoms with Gasteiger partial charge < -0.3 is 0 Å². The van der Waals surface area contributed by atoms with Gasteiger partial charge in [-0.25, -0.2) is 0 Å². The molecule has 0 aromatic heterocycles. The molecule has 0 heterocycles. The summed E-state index contributed by atoms with van der Waals surface area (Å²) in [6, 6.07) is 42.7. The van der Waals surface area contributed by atoms with Crippen molar-refractivity contribution in [2.75, 3.05) is 0 Å². The van der Waals surface area contributed by atoms with Gasteiger partial charge in [-0.15, -0.1) is 0 Å². The van der Waals surface area contributed by atoms with Gasteiger partial charge in [0.05, 0.1) is 0 Å². The number of benzene rings is 5. The van der Waals surface area contributed by atoms with Crippen LogP contribution in [-0.2, 0) is 0 Å². The van der Waals surface area contributed by atoms with E-state index in [-0.39, 0.29) is 0 Å². The lowest BCUT2D eigenvalue weighted by atomic mass is 10.1. The Kier molecular flexibility index (Phi) is 4.20. The average Bonchev–Trinajstić information content (AvgIpc) is 2.75. The highest BCUT2D eigenvalue weighted by Gasteiger charge is 2.20. The summed E-state index contributed by atoms with van der Waals surface area (Å²) in [5, 5.41) is 9.29. The molecule has 0 spiro atoms. The van der Waals surface area contributed by atoms with Crippen LogP contribution in [0.1, 0.15) is 0 Å². The zero-order valence-electron chi connectivity index (χ0n) is 14.8. The molecule has 0 N–H and O–H groups in total. The SMILES string of the molecule is [c]1ccccc1P(c1cccc2ccccc12)c1cccc2ccccc12. The molecule has 5 aromatic rings. The van der Waals surface area contributed by atoms with E-state index in [1.54, 1.807) is 0 Å². The summed E-state index contributed by atoms with van der Waals surface area (Å²) < 4.78 is 0. The third-order valence-electron chi connectivity index (χ3n) is 4.95. The summed E-state index contributed by atoms with van der Waals surface area (Å²) in [7, 11) is -0.701. The quantitative estimate of drug-likeness (QED) is 0.370. The summed E-state index contributed by atoms with van der Waals surface area (Å²) in [6.45, 7) is 0. The van der Waals surface area contributed by atoms with E-state index in [2.05, 4.69) is 103 Å². The Morgan fingerprint density at radius 1 is 0.481 bits per heavy atom. The fourth-order valence-corrected chi connectivity index (χ4v) is 6.30. The van der Waals surface area contributed by atoms with Gasteiger partial charge in [0.1, 0.15) is 0 Å². The smallest absolute Gasteiger partial charge is 0.00720 e. The van der Waals surface area contributed by atoms with E-state index in [9.17, 15) is 0 Å². The first kappa shape index (κ1) is 16.2. The number of hydrogen-bond donors (Lipinski definition) is 0. The molecule has 0 unspecified atom stereocenters. The van der Waals surface area contributed by atoms with Crippen molar-refractivity contribution >= 4 is 45.4 Å². The Labute approximate surface area is 160 Å². The maximum absolute atomic E-state index is 3.52. The van der Waals surface area contributed by atoms with Crippen molar-refractivity contribution in [1.82, 2.24) is 0 Å². The summed E-state index contributed by atoms with van der Waals surface area (Å²) in [5.74, 6) is 0. The van der Waals surface area contributed by atoms with Crippen molar-refractivity contribution in [1.29, 1.82) is 0 Å². The third-order valence-corrected chi connectivity index (χ3v) is 7.45. The van der Waals surface area contributed by atoms with E-state index in [4.69, 9.17) is 0 Å². The molecule has 5 rings (SSSR count). The van der Waals surface area contributed by atoms with Gasteiger partial charge in [-0.1, -0.05) is 109 Å². The highest BCUT2D eigenvalue weighted by molar-refractivity contribution is 7.80. The zero-order chi connectivity index (χ0) is 18.1. The van der Waals surface area contributed by atoms with Crippen molar-refractivity contribution in [2.24, 2.45) is 0 Å². The molecule has 0 aliphatic rings. The number of rotatable bonds is 3. The van der Waals surface area contributed by atoms with Crippen LogP contribution in [0, 0.1) is 6.07 Å². The minimum atomic E-state index is -0.701. The van der Waals surface area contributed by atoms with Gasteiger partial charge in [-0.3, -0.25) is 0 Å². The molecule has 0 atom stereocenters. The van der Waals surface area contributed by atoms with Crippen LogP contribution in [0.2, 0.25) is 0 Å². The summed E-state index contributed by atoms with van der Waals surface area (Å²) in [6.07, 6.45) is 0. The van der Waals surface area contributed by atoms with Gasteiger partial charge in [0.15, 0.2) is 0 Å². The third kappa shape index (κ3) is 2.93. The molecule has 1 radical (unpaired) electrons. The van der Waals surface area contributed by atoms with Gasteiger partial charge in [0.25, 0.3) is 0 Å². The van der Waals surface area contributed by atoms with Crippen LogP contribution in [0.25, 0.3) is 21.5 Å². The van der Waals surface area contributed by atoms with Crippen LogP contribution < -0.4 is 15.9 Å². The number of hydrogen-bond acceptors (Lipinski definition) is 0. The van der Waals surface area contributed by atoms with E-state index in [1.165, 1.54) is 37.5 Å².